The lowest BCUT2D eigenvalue weighted by Gasteiger charge is -2.40. The average molecular weight is 569 g/mol. The number of hydrogen-bond donors (Lipinski definition) is 0. The first-order valence-corrected chi connectivity index (χ1v) is 12.6. The van der Waals surface area contributed by atoms with Crippen LogP contribution in [-0.2, 0) is 9.59 Å². The van der Waals surface area contributed by atoms with Gasteiger partial charge in [-0.15, -0.1) is 0 Å². The van der Waals surface area contributed by atoms with Gasteiger partial charge in [-0.3, -0.25) is 19.2 Å². The minimum Gasteiger partial charge on any atom is -0.493 e. The molecule has 0 unspecified atom stereocenters. The largest absolute Gasteiger partial charge is 0.493 e. The molecule has 5 rings (SSSR count). The molecule has 0 spiro atoms. The number of hydrogen-bond acceptors (Lipinski definition) is 6. The van der Waals surface area contributed by atoms with E-state index in [2.05, 4.69) is 4.74 Å². The number of Topliss-reactive ketones (excluding diaryl/α,β-unsaturated/α-hetero) is 2. The zero-order valence-electron chi connectivity index (χ0n) is 21.6. The molecule has 2 aliphatic heterocycles. The van der Waals surface area contributed by atoms with Crippen LogP contribution in [0.25, 0.3) is 0 Å². The summed E-state index contributed by atoms with van der Waals surface area (Å²) in [5, 5.41) is -0.312. The molecule has 40 heavy (non-hydrogen) atoms. The van der Waals surface area contributed by atoms with Crippen molar-refractivity contribution in [2.45, 2.75) is 12.5 Å². The number of fused-ring (bicyclic) bond motifs is 2. The summed E-state index contributed by atoms with van der Waals surface area (Å²) < 4.78 is 36.0. The maximum absolute atomic E-state index is 14.0. The number of para-hydroxylation sites is 2. The van der Waals surface area contributed by atoms with Crippen molar-refractivity contribution >= 4 is 46.4 Å². The van der Waals surface area contributed by atoms with Gasteiger partial charge in [-0.1, -0.05) is 35.9 Å². The standard InChI is InChI=1S/C29H23ClF2N2O6/c1-33-18-10-6-4-8-15(18)24(35)22(27(33)37)21(14-12-17(30)26(40-29(31)32)20(13-14)39-3)23-25(36)16-9-5-7-11-19(16)34(2)28(23)38/h4-13,21-23,29H,1-3H3/t22-,23-/m0/s1. The van der Waals surface area contributed by atoms with E-state index in [0.29, 0.717) is 11.4 Å². The Kier molecular flexibility index (Phi) is 7.05. The third-order valence-corrected chi connectivity index (χ3v) is 7.66. The number of benzene rings is 3. The Hall–Kier alpha value is -4.31. The van der Waals surface area contributed by atoms with E-state index in [9.17, 15) is 28.0 Å². The minimum atomic E-state index is -3.22. The first-order valence-electron chi connectivity index (χ1n) is 12.2. The first kappa shape index (κ1) is 27.3. The third kappa shape index (κ3) is 4.28. The molecule has 2 amide bonds. The van der Waals surface area contributed by atoms with Gasteiger partial charge in [0.15, 0.2) is 23.1 Å². The molecule has 11 heteroatoms. The Morgan fingerprint density at radius 3 is 1.73 bits per heavy atom. The van der Waals surface area contributed by atoms with Crippen LogP contribution in [0.2, 0.25) is 5.02 Å². The van der Waals surface area contributed by atoms with Crippen molar-refractivity contribution in [1.82, 2.24) is 0 Å². The predicted octanol–water partition coefficient (Wildman–Crippen LogP) is 4.98. The van der Waals surface area contributed by atoms with Crippen LogP contribution in [-0.4, -0.2) is 51.2 Å². The molecule has 2 heterocycles. The molecule has 0 N–H and O–H groups in total. The van der Waals surface area contributed by atoms with Gasteiger partial charge >= 0.3 is 6.61 Å². The predicted molar refractivity (Wildman–Crippen MR) is 143 cm³/mol. The number of carbonyl (C=O) groups is 4. The molecule has 0 saturated carbocycles. The van der Waals surface area contributed by atoms with E-state index in [1.807, 2.05) is 0 Å². The number of rotatable bonds is 6. The molecule has 0 aliphatic carbocycles. The van der Waals surface area contributed by atoms with Gasteiger partial charge in [0, 0.05) is 31.1 Å². The quantitative estimate of drug-likeness (QED) is 0.389. The lowest BCUT2D eigenvalue weighted by molar-refractivity contribution is -0.124. The number of alkyl halides is 2. The van der Waals surface area contributed by atoms with Crippen LogP contribution in [0.1, 0.15) is 32.2 Å². The molecular weight excluding hydrogens is 546 g/mol. The lowest BCUT2D eigenvalue weighted by atomic mass is 9.68. The fourth-order valence-electron chi connectivity index (χ4n) is 5.51. The number of amides is 2. The smallest absolute Gasteiger partial charge is 0.387 e. The Morgan fingerprint density at radius 2 is 1.27 bits per heavy atom. The number of ether oxygens (including phenoxy) is 2. The highest BCUT2D eigenvalue weighted by Gasteiger charge is 2.52. The minimum absolute atomic E-state index is 0.0995. The van der Waals surface area contributed by atoms with Gasteiger partial charge in [0.25, 0.3) is 0 Å². The van der Waals surface area contributed by atoms with Crippen molar-refractivity contribution in [3.8, 4) is 11.5 Å². The molecule has 0 aromatic heterocycles. The van der Waals surface area contributed by atoms with E-state index >= 15 is 0 Å². The van der Waals surface area contributed by atoms with Crippen molar-refractivity contribution in [1.29, 1.82) is 0 Å². The number of carbonyl (C=O) groups excluding carboxylic acids is 4. The molecule has 0 radical (unpaired) electrons. The normalized spacial score (nSPS) is 18.8. The van der Waals surface area contributed by atoms with E-state index in [0.717, 1.165) is 0 Å². The number of anilines is 2. The molecule has 2 atom stereocenters. The van der Waals surface area contributed by atoms with Crippen LogP contribution < -0.4 is 19.3 Å². The summed E-state index contributed by atoms with van der Waals surface area (Å²) in [4.78, 5) is 58.2. The van der Waals surface area contributed by atoms with Crippen LogP contribution in [0.4, 0.5) is 20.2 Å². The van der Waals surface area contributed by atoms with Crippen molar-refractivity contribution in [3.63, 3.8) is 0 Å². The molecular formula is C29H23ClF2N2O6. The van der Waals surface area contributed by atoms with Crippen LogP contribution in [0, 0.1) is 11.8 Å². The fourth-order valence-corrected chi connectivity index (χ4v) is 5.77. The maximum atomic E-state index is 14.0. The second-order valence-corrected chi connectivity index (χ2v) is 9.86. The van der Waals surface area contributed by atoms with Crippen molar-refractivity contribution in [2.24, 2.45) is 11.8 Å². The number of nitrogens with zero attached hydrogens (tertiary/aromatic N) is 2. The molecule has 0 bridgehead atoms. The molecule has 206 valence electrons. The maximum Gasteiger partial charge on any atom is 0.387 e. The van der Waals surface area contributed by atoms with Crippen LogP contribution in [0.3, 0.4) is 0 Å². The monoisotopic (exact) mass is 568 g/mol. The summed E-state index contributed by atoms with van der Waals surface area (Å²) in [6.45, 7) is -3.22. The zero-order chi connectivity index (χ0) is 28.9. The number of methoxy groups -OCH3 is 1. The Labute approximate surface area is 233 Å². The van der Waals surface area contributed by atoms with Gasteiger partial charge < -0.3 is 19.3 Å². The van der Waals surface area contributed by atoms with Gasteiger partial charge in [-0.2, -0.15) is 8.78 Å². The zero-order valence-corrected chi connectivity index (χ0v) is 22.3. The molecule has 2 aliphatic rings. The summed E-state index contributed by atoms with van der Waals surface area (Å²) in [6, 6.07) is 15.5. The van der Waals surface area contributed by atoms with Gasteiger partial charge in [0.1, 0.15) is 11.8 Å². The summed E-state index contributed by atoms with van der Waals surface area (Å²) in [5.74, 6) is -7.53. The highest BCUT2D eigenvalue weighted by Crippen LogP contribution is 2.48. The average Bonchev–Trinajstić information content (AvgIpc) is 2.94. The van der Waals surface area contributed by atoms with Gasteiger partial charge in [0.05, 0.1) is 23.5 Å². The van der Waals surface area contributed by atoms with E-state index in [4.69, 9.17) is 16.3 Å². The lowest BCUT2D eigenvalue weighted by Crippen LogP contribution is -2.52. The van der Waals surface area contributed by atoms with Crippen LogP contribution >= 0.6 is 11.6 Å². The van der Waals surface area contributed by atoms with E-state index in [1.165, 1.54) is 43.1 Å². The SMILES string of the molecule is COc1cc(C([C@H]2C(=O)c3ccccc3N(C)C2=O)[C@H]2C(=O)c3ccccc3N(C)C2=O)cc(Cl)c1OC(F)F. The van der Waals surface area contributed by atoms with Gasteiger partial charge in [-0.05, 0) is 42.0 Å². The molecule has 0 fully saturated rings. The number of halogens is 3. The van der Waals surface area contributed by atoms with Crippen molar-refractivity contribution < 1.29 is 37.4 Å². The Balaban J connectivity index is 1.75. The third-order valence-electron chi connectivity index (χ3n) is 7.38. The second kappa shape index (κ2) is 10.3. The summed E-state index contributed by atoms with van der Waals surface area (Å²) in [7, 11) is 4.19. The highest BCUT2D eigenvalue weighted by molar-refractivity contribution is 6.32. The Bertz CT molecular complexity index is 1480. The van der Waals surface area contributed by atoms with Gasteiger partial charge in [-0.25, -0.2) is 0 Å². The molecule has 8 nitrogen and oxygen atoms in total. The van der Waals surface area contributed by atoms with Gasteiger partial charge in [0.2, 0.25) is 11.8 Å². The molecule has 3 aromatic rings. The van der Waals surface area contributed by atoms with Crippen molar-refractivity contribution in [3.05, 3.63) is 82.4 Å². The summed E-state index contributed by atoms with van der Waals surface area (Å²) in [6.07, 6.45) is 0. The molecule has 0 saturated heterocycles. The second-order valence-electron chi connectivity index (χ2n) is 9.45. The van der Waals surface area contributed by atoms with Crippen molar-refractivity contribution in [2.75, 3.05) is 31.0 Å². The summed E-state index contributed by atoms with van der Waals surface area (Å²) >= 11 is 6.35. The van der Waals surface area contributed by atoms with E-state index < -0.39 is 53.5 Å². The molecule has 3 aromatic carbocycles. The topological polar surface area (TPSA) is 93.2 Å². The first-order chi connectivity index (χ1) is 19.1. The summed E-state index contributed by atoms with van der Waals surface area (Å²) in [5.41, 5.74) is 1.34. The van der Waals surface area contributed by atoms with Crippen LogP contribution in [0.5, 0.6) is 11.5 Å². The highest BCUT2D eigenvalue weighted by atomic mass is 35.5. The van der Waals surface area contributed by atoms with Crippen LogP contribution in [0.15, 0.2) is 60.7 Å². The fraction of sp³-hybridized carbons (Fsp3) is 0.241. The van der Waals surface area contributed by atoms with E-state index in [-0.39, 0.29) is 27.5 Å². The Morgan fingerprint density at radius 1 is 0.800 bits per heavy atom. The van der Waals surface area contributed by atoms with E-state index in [1.54, 1.807) is 48.5 Å². The number of ketones is 2.